The van der Waals surface area contributed by atoms with E-state index in [1.54, 1.807) is 0 Å². The molecule has 1 unspecified atom stereocenters. The molecule has 1 aromatic carbocycles. The van der Waals surface area contributed by atoms with Crippen LogP contribution in [0.15, 0.2) is 18.2 Å². The molecular formula is C14H20F2N2O2S. The van der Waals surface area contributed by atoms with Gasteiger partial charge in [-0.3, -0.25) is 0 Å². The van der Waals surface area contributed by atoms with Gasteiger partial charge < -0.3 is 4.90 Å². The fourth-order valence-electron chi connectivity index (χ4n) is 2.83. The van der Waals surface area contributed by atoms with E-state index >= 15 is 0 Å². The van der Waals surface area contributed by atoms with Crippen molar-refractivity contribution in [3.05, 3.63) is 35.4 Å². The number of nitrogens with two attached hydrogens (primary N) is 1. The molecule has 1 fully saturated rings. The van der Waals surface area contributed by atoms with E-state index in [4.69, 9.17) is 5.14 Å². The molecule has 4 nitrogen and oxygen atoms in total. The second-order valence-corrected chi connectivity index (χ2v) is 7.26. The van der Waals surface area contributed by atoms with Gasteiger partial charge >= 0.3 is 0 Å². The van der Waals surface area contributed by atoms with Crippen LogP contribution in [-0.4, -0.2) is 38.7 Å². The predicted octanol–water partition coefficient (Wildman–Crippen LogP) is 1.82. The SMILES string of the molecule is NS(=O)(=O)CCCN1CCCC(c2cc(F)ccc2F)C1. The third kappa shape index (κ3) is 5.01. The van der Waals surface area contributed by atoms with Gasteiger partial charge in [0.25, 0.3) is 0 Å². The van der Waals surface area contributed by atoms with Gasteiger partial charge in [-0.2, -0.15) is 0 Å². The van der Waals surface area contributed by atoms with Crippen molar-refractivity contribution in [3.8, 4) is 0 Å². The van der Waals surface area contributed by atoms with Crippen molar-refractivity contribution in [1.29, 1.82) is 0 Å². The minimum atomic E-state index is -3.44. The molecule has 7 heteroatoms. The molecule has 1 atom stereocenters. The summed E-state index contributed by atoms with van der Waals surface area (Å²) in [7, 11) is -3.44. The first-order valence-electron chi connectivity index (χ1n) is 7.03. The maximum absolute atomic E-state index is 13.8. The summed E-state index contributed by atoms with van der Waals surface area (Å²) in [5, 5.41) is 4.97. The topological polar surface area (TPSA) is 63.4 Å². The van der Waals surface area contributed by atoms with Crippen LogP contribution >= 0.6 is 0 Å². The van der Waals surface area contributed by atoms with Gasteiger partial charge in [-0.15, -0.1) is 0 Å². The van der Waals surface area contributed by atoms with Crippen LogP contribution in [0.2, 0.25) is 0 Å². The highest BCUT2D eigenvalue weighted by Gasteiger charge is 2.24. The van der Waals surface area contributed by atoms with E-state index in [9.17, 15) is 17.2 Å². The Kier molecular flexibility index (Phi) is 5.29. The summed E-state index contributed by atoms with van der Waals surface area (Å²) in [6.07, 6.45) is 2.15. The lowest BCUT2D eigenvalue weighted by Crippen LogP contribution is -2.36. The van der Waals surface area contributed by atoms with Gasteiger partial charge in [-0.05, 0) is 62.0 Å². The Morgan fingerprint density at radius 1 is 1.33 bits per heavy atom. The largest absolute Gasteiger partial charge is 0.303 e. The quantitative estimate of drug-likeness (QED) is 0.901. The summed E-state index contributed by atoms with van der Waals surface area (Å²) in [6.45, 7) is 2.06. The van der Waals surface area contributed by atoms with Crippen LogP contribution in [0.25, 0.3) is 0 Å². The van der Waals surface area contributed by atoms with Crippen molar-refractivity contribution in [2.45, 2.75) is 25.2 Å². The molecule has 0 bridgehead atoms. The first-order valence-corrected chi connectivity index (χ1v) is 8.74. The van der Waals surface area contributed by atoms with Gasteiger partial charge in [0.05, 0.1) is 5.75 Å². The molecule has 2 rings (SSSR count). The lowest BCUT2D eigenvalue weighted by Gasteiger charge is -2.33. The summed E-state index contributed by atoms with van der Waals surface area (Å²) in [5.74, 6) is -0.919. The average molecular weight is 318 g/mol. The van der Waals surface area contributed by atoms with Crippen LogP contribution < -0.4 is 5.14 Å². The molecular weight excluding hydrogens is 298 g/mol. The van der Waals surface area contributed by atoms with Crippen LogP contribution in [0.5, 0.6) is 0 Å². The van der Waals surface area contributed by atoms with E-state index in [1.165, 1.54) is 6.07 Å². The maximum Gasteiger partial charge on any atom is 0.209 e. The molecule has 0 radical (unpaired) electrons. The first-order chi connectivity index (χ1) is 9.85. The lowest BCUT2D eigenvalue weighted by molar-refractivity contribution is 0.206. The fraction of sp³-hybridized carbons (Fsp3) is 0.571. The number of hydrogen-bond acceptors (Lipinski definition) is 3. The minimum absolute atomic E-state index is 0.0519. The van der Waals surface area contributed by atoms with Crippen LogP contribution in [-0.2, 0) is 10.0 Å². The lowest BCUT2D eigenvalue weighted by atomic mass is 9.90. The smallest absolute Gasteiger partial charge is 0.209 e. The third-order valence-electron chi connectivity index (χ3n) is 3.81. The Hall–Kier alpha value is -1.05. The summed E-state index contributed by atoms with van der Waals surface area (Å²) in [6, 6.07) is 3.53. The normalized spacial score (nSPS) is 20.6. The summed E-state index contributed by atoms with van der Waals surface area (Å²) < 4.78 is 48.9. The number of sulfonamides is 1. The molecule has 2 N–H and O–H groups in total. The van der Waals surface area contributed by atoms with Gasteiger partial charge in [-0.1, -0.05) is 0 Å². The van der Waals surface area contributed by atoms with Crippen molar-refractivity contribution in [2.75, 3.05) is 25.4 Å². The average Bonchev–Trinajstić information content (AvgIpc) is 2.40. The number of primary sulfonamides is 1. The van der Waals surface area contributed by atoms with E-state index in [0.29, 0.717) is 25.1 Å². The Morgan fingerprint density at radius 2 is 2.10 bits per heavy atom. The number of benzene rings is 1. The van der Waals surface area contributed by atoms with Gasteiger partial charge in [0.15, 0.2) is 0 Å². The van der Waals surface area contributed by atoms with Crippen molar-refractivity contribution in [2.24, 2.45) is 5.14 Å². The third-order valence-corrected chi connectivity index (χ3v) is 4.66. The summed E-state index contributed by atoms with van der Waals surface area (Å²) in [4.78, 5) is 2.09. The summed E-state index contributed by atoms with van der Waals surface area (Å²) >= 11 is 0. The molecule has 118 valence electrons. The van der Waals surface area contributed by atoms with E-state index in [1.807, 2.05) is 0 Å². The molecule has 0 aromatic heterocycles. The Bertz CT molecular complexity index is 593. The van der Waals surface area contributed by atoms with Crippen molar-refractivity contribution in [1.82, 2.24) is 4.90 Å². The molecule has 1 heterocycles. The van der Waals surface area contributed by atoms with E-state index in [-0.39, 0.29) is 17.5 Å². The summed E-state index contributed by atoms with van der Waals surface area (Å²) in [5.41, 5.74) is 0.408. The molecule has 0 amide bonds. The second kappa shape index (κ2) is 6.81. The molecule has 21 heavy (non-hydrogen) atoms. The Balaban J connectivity index is 1.96. The number of halogens is 2. The van der Waals surface area contributed by atoms with Crippen LogP contribution in [0.1, 0.15) is 30.7 Å². The number of piperidine rings is 1. The van der Waals surface area contributed by atoms with Gasteiger partial charge in [0.2, 0.25) is 10.0 Å². The molecule has 0 aliphatic carbocycles. The Morgan fingerprint density at radius 3 is 2.81 bits per heavy atom. The standard InChI is InChI=1S/C14H20F2N2O2S/c15-12-4-5-14(16)13(9-12)11-3-1-6-18(10-11)7-2-8-21(17,19)20/h4-5,9,11H,1-3,6-8,10H2,(H2,17,19,20). The van der Waals surface area contributed by atoms with Gasteiger partial charge in [0, 0.05) is 6.54 Å². The Labute approximate surface area is 124 Å². The molecule has 1 aliphatic heterocycles. The number of rotatable bonds is 5. The highest BCUT2D eigenvalue weighted by Crippen LogP contribution is 2.29. The highest BCUT2D eigenvalue weighted by atomic mass is 32.2. The van der Waals surface area contributed by atoms with E-state index in [2.05, 4.69) is 4.90 Å². The predicted molar refractivity (Wildman–Crippen MR) is 77.4 cm³/mol. The molecule has 1 saturated heterocycles. The first kappa shape index (κ1) is 16.3. The van der Waals surface area contributed by atoms with Crippen molar-refractivity contribution >= 4 is 10.0 Å². The highest BCUT2D eigenvalue weighted by molar-refractivity contribution is 7.89. The van der Waals surface area contributed by atoms with E-state index < -0.39 is 15.8 Å². The van der Waals surface area contributed by atoms with Gasteiger partial charge in [-0.25, -0.2) is 22.3 Å². The molecule has 0 spiro atoms. The number of nitrogens with zero attached hydrogens (tertiary/aromatic N) is 1. The molecule has 1 aromatic rings. The van der Waals surface area contributed by atoms with Crippen LogP contribution in [0.3, 0.4) is 0 Å². The zero-order valence-corrected chi connectivity index (χ0v) is 12.6. The molecule has 1 aliphatic rings. The van der Waals surface area contributed by atoms with Crippen LogP contribution in [0, 0.1) is 11.6 Å². The number of likely N-dealkylation sites (tertiary alicyclic amines) is 1. The maximum atomic E-state index is 13.8. The van der Waals surface area contributed by atoms with E-state index in [0.717, 1.165) is 31.5 Å². The van der Waals surface area contributed by atoms with Gasteiger partial charge in [0.1, 0.15) is 11.6 Å². The minimum Gasteiger partial charge on any atom is -0.303 e. The second-order valence-electron chi connectivity index (χ2n) is 5.53. The zero-order valence-electron chi connectivity index (χ0n) is 11.8. The fourth-order valence-corrected chi connectivity index (χ4v) is 3.36. The van der Waals surface area contributed by atoms with Crippen molar-refractivity contribution < 1.29 is 17.2 Å². The zero-order chi connectivity index (χ0) is 15.5. The molecule has 0 saturated carbocycles. The van der Waals surface area contributed by atoms with Crippen molar-refractivity contribution in [3.63, 3.8) is 0 Å². The van der Waals surface area contributed by atoms with Crippen LogP contribution in [0.4, 0.5) is 8.78 Å². The monoisotopic (exact) mass is 318 g/mol. The number of hydrogen-bond donors (Lipinski definition) is 1.